The van der Waals surface area contributed by atoms with E-state index in [2.05, 4.69) is 42.4 Å². The van der Waals surface area contributed by atoms with Crippen LogP contribution in [-0.2, 0) is 6.61 Å². The number of rotatable bonds is 9. The van der Waals surface area contributed by atoms with Gasteiger partial charge in [0.25, 0.3) is 0 Å². The molecule has 1 aromatic heterocycles. The SMILES string of the molecule is CCOc1cc(/C=N\NC(=O)c2cc3cccc(OC)c3o2)cc(Br)c1OCc1ccc(Br)cc1. The van der Waals surface area contributed by atoms with Crippen LogP contribution >= 0.6 is 31.9 Å². The maximum atomic E-state index is 12.5. The number of ether oxygens (including phenoxy) is 3. The number of benzene rings is 3. The minimum absolute atomic E-state index is 0.134. The zero-order chi connectivity index (χ0) is 24.8. The molecule has 0 saturated carbocycles. The summed E-state index contributed by atoms with van der Waals surface area (Å²) in [5.74, 6) is 1.37. The monoisotopic (exact) mass is 600 g/mol. The van der Waals surface area contributed by atoms with Crippen molar-refractivity contribution in [1.82, 2.24) is 5.43 Å². The average molecular weight is 602 g/mol. The van der Waals surface area contributed by atoms with Gasteiger partial charge in [0.2, 0.25) is 0 Å². The summed E-state index contributed by atoms with van der Waals surface area (Å²) in [5.41, 5.74) is 4.73. The second-order valence-electron chi connectivity index (χ2n) is 7.37. The molecule has 35 heavy (non-hydrogen) atoms. The first kappa shape index (κ1) is 24.8. The van der Waals surface area contributed by atoms with Crippen molar-refractivity contribution in [2.75, 3.05) is 13.7 Å². The van der Waals surface area contributed by atoms with Gasteiger partial charge < -0.3 is 18.6 Å². The van der Waals surface area contributed by atoms with Gasteiger partial charge in [-0.1, -0.05) is 40.2 Å². The van der Waals surface area contributed by atoms with Gasteiger partial charge >= 0.3 is 5.91 Å². The Balaban J connectivity index is 1.47. The van der Waals surface area contributed by atoms with E-state index in [1.807, 2.05) is 49.4 Å². The molecule has 9 heteroatoms. The van der Waals surface area contributed by atoms with Crippen molar-refractivity contribution in [1.29, 1.82) is 0 Å². The second kappa shape index (κ2) is 11.4. The van der Waals surface area contributed by atoms with E-state index in [0.717, 1.165) is 15.4 Å². The van der Waals surface area contributed by atoms with Crippen LogP contribution in [0.25, 0.3) is 11.0 Å². The number of halogens is 2. The Morgan fingerprint density at radius 3 is 2.60 bits per heavy atom. The number of nitrogens with one attached hydrogen (secondary N) is 1. The van der Waals surface area contributed by atoms with Gasteiger partial charge in [-0.05, 0) is 70.4 Å². The topological polar surface area (TPSA) is 82.3 Å². The molecule has 0 bridgehead atoms. The normalized spacial score (nSPS) is 11.1. The van der Waals surface area contributed by atoms with Crippen molar-refractivity contribution in [3.05, 3.63) is 86.5 Å². The first-order valence-corrected chi connectivity index (χ1v) is 12.3. The second-order valence-corrected chi connectivity index (χ2v) is 9.14. The van der Waals surface area contributed by atoms with Crippen LogP contribution in [0.2, 0.25) is 0 Å². The van der Waals surface area contributed by atoms with Crippen molar-refractivity contribution in [3.8, 4) is 17.2 Å². The lowest BCUT2D eigenvalue weighted by atomic mass is 10.2. The number of hydrogen-bond donors (Lipinski definition) is 1. The zero-order valence-electron chi connectivity index (χ0n) is 19.0. The average Bonchev–Trinajstić information content (AvgIpc) is 3.29. The Morgan fingerprint density at radius 2 is 1.86 bits per heavy atom. The number of methoxy groups -OCH3 is 1. The van der Waals surface area contributed by atoms with Crippen molar-refractivity contribution in [2.45, 2.75) is 13.5 Å². The molecule has 0 spiro atoms. The third-order valence-electron chi connectivity index (χ3n) is 4.96. The highest BCUT2D eigenvalue weighted by Gasteiger charge is 2.15. The van der Waals surface area contributed by atoms with Crippen molar-refractivity contribution >= 4 is 55.0 Å². The number of hydrazone groups is 1. The lowest BCUT2D eigenvalue weighted by molar-refractivity contribution is 0.0929. The van der Waals surface area contributed by atoms with Crippen LogP contribution in [0.1, 0.15) is 28.6 Å². The number of carbonyl (C=O) groups is 1. The van der Waals surface area contributed by atoms with Gasteiger partial charge in [-0.15, -0.1) is 0 Å². The van der Waals surface area contributed by atoms with E-state index in [0.29, 0.717) is 46.1 Å². The molecular formula is C26H22Br2N2O5. The third kappa shape index (κ3) is 6.04. The summed E-state index contributed by atoms with van der Waals surface area (Å²) in [6, 6.07) is 18.6. The molecule has 0 saturated heterocycles. The molecule has 1 heterocycles. The zero-order valence-corrected chi connectivity index (χ0v) is 22.2. The number of nitrogens with zero attached hydrogens (tertiary/aromatic N) is 1. The minimum Gasteiger partial charge on any atom is -0.493 e. The van der Waals surface area contributed by atoms with E-state index in [4.69, 9.17) is 18.6 Å². The van der Waals surface area contributed by atoms with E-state index >= 15 is 0 Å². The number of carbonyl (C=O) groups excluding carboxylic acids is 1. The van der Waals surface area contributed by atoms with Crippen LogP contribution in [-0.4, -0.2) is 25.8 Å². The first-order valence-electron chi connectivity index (χ1n) is 10.7. The molecule has 1 N–H and O–H groups in total. The van der Waals surface area contributed by atoms with Gasteiger partial charge in [-0.25, -0.2) is 5.43 Å². The van der Waals surface area contributed by atoms with Crippen molar-refractivity contribution in [3.63, 3.8) is 0 Å². The molecule has 0 aliphatic rings. The lowest BCUT2D eigenvalue weighted by Gasteiger charge is -2.14. The molecule has 0 fully saturated rings. The van der Waals surface area contributed by atoms with Crippen LogP contribution in [0.3, 0.4) is 0 Å². The van der Waals surface area contributed by atoms with Gasteiger partial charge in [-0.2, -0.15) is 5.10 Å². The van der Waals surface area contributed by atoms with Crippen LogP contribution in [0, 0.1) is 0 Å². The molecule has 4 aromatic rings. The summed E-state index contributed by atoms with van der Waals surface area (Å²) in [4.78, 5) is 12.5. The Morgan fingerprint density at radius 1 is 1.06 bits per heavy atom. The van der Waals surface area contributed by atoms with Gasteiger partial charge in [0.15, 0.2) is 28.6 Å². The van der Waals surface area contributed by atoms with Crippen LogP contribution in [0.4, 0.5) is 0 Å². The number of hydrogen-bond acceptors (Lipinski definition) is 6. The fourth-order valence-corrected chi connectivity index (χ4v) is 4.17. The molecular weight excluding hydrogens is 580 g/mol. The van der Waals surface area contributed by atoms with Gasteiger partial charge in [-0.3, -0.25) is 4.79 Å². The van der Waals surface area contributed by atoms with Crippen LogP contribution < -0.4 is 19.6 Å². The largest absolute Gasteiger partial charge is 0.493 e. The number of furan rings is 1. The molecule has 7 nitrogen and oxygen atoms in total. The molecule has 1 amide bonds. The van der Waals surface area contributed by atoms with E-state index in [1.54, 1.807) is 25.3 Å². The summed E-state index contributed by atoms with van der Waals surface area (Å²) in [6.45, 7) is 2.75. The maximum absolute atomic E-state index is 12.5. The van der Waals surface area contributed by atoms with Crippen molar-refractivity contribution in [2.24, 2.45) is 5.10 Å². The molecule has 0 aliphatic carbocycles. The highest BCUT2D eigenvalue weighted by molar-refractivity contribution is 9.10. The Kier molecular flexibility index (Phi) is 8.09. The van der Waals surface area contributed by atoms with Gasteiger partial charge in [0.05, 0.1) is 24.4 Å². The molecule has 0 atom stereocenters. The predicted molar refractivity (Wildman–Crippen MR) is 142 cm³/mol. The summed E-state index contributed by atoms with van der Waals surface area (Å²) >= 11 is 6.99. The maximum Gasteiger partial charge on any atom is 0.307 e. The molecule has 0 radical (unpaired) electrons. The van der Waals surface area contributed by atoms with E-state index in [-0.39, 0.29) is 5.76 Å². The fourth-order valence-electron chi connectivity index (χ4n) is 3.33. The van der Waals surface area contributed by atoms with E-state index < -0.39 is 5.91 Å². The number of fused-ring (bicyclic) bond motifs is 1. The van der Waals surface area contributed by atoms with Gasteiger partial charge in [0, 0.05) is 9.86 Å². The minimum atomic E-state index is -0.474. The quantitative estimate of drug-likeness (QED) is 0.170. The third-order valence-corrected chi connectivity index (χ3v) is 6.08. The van der Waals surface area contributed by atoms with E-state index in [9.17, 15) is 4.79 Å². The van der Waals surface area contributed by atoms with Crippen LogP contribution in [0.5, 0.6) is 17.2 Å². The lowest BCUT2D eigenvalue weighted by Crippen LogP contribution is -2.16. The first-order chi connectivity index (χ1) is 17.0. The number of amides is 1. The summed E-state index contributed by atoms with van der Waals surface area (Å²) in [7, 11) is 1.55. The molecule has 180 valence electrons. The Labute approximate surface area is 219 Å². The smallest absolute Gasteiger partial charge is 0.307 e. The standard InChI is InChI=1S/C26H22Br2N2O5/c1-3-33-22-12-17(11-20(28)25(22)34-15-16-7-9-19(27)10-8-16)14-29-30-26(31)23-13-18-5-4-6-21(32-2)24(18)35-23/h4-14H,3,15H2,1-2H3,(H,30,31)/b29-14-. The summed E-state index contributed by atoms with van der Waals surface area (Å²) in [6.07, 6.45) is 1.52. The van der Waals surface area contributed by atoms with Crippen LogP contribution in [0.15, 0.2) is 79.1 Å². The molecule has 4 rings (SSSR count). The number of para-hydroxylation sites is 1. The van der Waals surface area contributed by atoms with Crippen molar-refractivity contribution < 1.29 is 23.4 Å². The predicted octanol–water partition coefficient (Wildman–Crippen LogP) is 6.71. The van der Waals surface area contributed by atoms with E-state index in [1.165, 1.54) is 6.21 Å². The Hall–Kier alpha value is -3.30. The molecule has 3 aromatic carbocycles. The Bertz CT molecular complexity index is 1370. The highest BCUT2D eigenvalue weighted by Crippen LogP contribution is 2.37. The highest BCUT2D eigenvalue weighted by atomic mass is 79.9. The molecule has 0 unspecified atom stereocenters. The molecule has 0 aliphatic heterocycles. The fraction of sp³-hybridized carbons (Fsp3) is 0.154. The summed E-state index contributed by atoms with van der Waals surface area (Å²) < 4.78 is 24.4. The summed E-state index contributed by atoms with van der Waals surface area (Å²) in [5, 5.41) is 4.83. The van der Waals surface area contributed by atoms with Gasteiger partial charge in [0.1, 0.15) is 6.61 Å².